The maximum Gasteiger partial charge on any atom is 0.303 e. The van der Waals surface area contributed by atoms with Gasteiger partial charge in [-0.05, 0) is 31.6 Å². The molecule has 130 valence electrons. The predicted octanol–water partition coefficient (Wildman–Crippen LogP) is 5.33. The SMILES string of the molecule is CCCCCCCCC(C=CCCCCCCC(=O)O)CO. The van der Waals surface area contributed by atoms with Crippen LogP contribution in [0.15, 0.2) is 12.2 Å². The summed E-state index contributed by atoms with van der Waals surface area (Å²) in [5, 5.41) is 17.9. The van der Waals surface area contributed by atoms with Crippen LogP contribution >= 0.6 is 0 Å². The van der Waals surface area contributed by atoms with E-state index in [1.807, 2.05) is 0 Å². The number of aliphatic hydroxyl groups is 1. The van der Waals surface area contributed by atoms with Crippen molar-refractivity contribution in [1.82, 2.24) is 0 Å². The quantitative estimate of drug-likeness (QED) is 0.299. The van der Waals surface area contributed by atoms with Crippen molar-refractivity contribution in [3.05, 3.63) is 12.2 Å². The first-order chi connectivity index (χ1) is 10.7. The summed E-state index contributed by atoms with van der Waals surface area (Å²) in [5.74, 6) is -0.376. The Morgan fingerprint density at radius 3 is 2.27 bits per heavy atom. The fourth-order valence-electron chi connectivity index (χ4n) is 2.62. The zero-order valence-corrected chi connectivity index (χ0v) is 14.4. The van der Waals surface area contributed by atoms with Crippen LogP contribution in [0.1, 0.15) is 90.4 Å². The Hall–Kier alpha value is -0.830. The van der Waals surface area contributed by atoms with Crippen LogP contribution < -0.4 is 0 Å². The number of carbonyl (C=O) groups is 1. The molecule has 0 saturated carbocycles. The van der Waals surface area contributed by atoms with Crippen LogP contribution in [0.5, 0.6) is 0 Å². The van der Waals surface area contributed by atoms with E-state index in [4.69, 9.17) is 5.11 Å². The fourth-order valence-corrected chi connectivity index (χ4v) is 2.62. The molecule has 1 unspecified atom stereocenters. The molecule has 3 nitrogen and oxygen atoms in total. The number of aliphatic carboxylic acids is 1. The summed E-state index contributed by atoms with van der Waals surface area (Å²) < 4.78 is 0. The van der Waals surface area contributed by atoms with Crippen LogP contribution in [0.25, 0.3) is 0 Å². The molecule has 0 radical (unpaired) electrons. The number of allylic oxidation sites excluding steroid dienone is 1. The smallest absolute Gasteiger partial charge is 0.303 e. The Kier molecular flexibility index (Phi) is 15.9. The third kappa shape index (κ3) is 15.6. The summed E-state index contributed by atoms with van der Waals surface area (Å²) in [5.41, 5.74) is 0. The van der Waals surface area contributed by atoms with E-state index >= 15 is 0 Å². The van der Waals surface area contributed by atoms with E-state index in [1.165, 1.54) is 38.5 Å². The molecule has 0 aliphatic rings. The largest absolute Gasteiger partial charge is 0.481 e. The van der Waals surface area contributed by atoms with Crippen LogP contribution in [0, 0.1) is 5.92 Å². The standard InChI is InChI=1S/C19H36O3/c1-2-3-4-5-8-11-14-18(17-20)15-12-9-6-7-10-13-16-19(21)22/h12,15,18,20H,2-11,13-14,16-17H2,1H3,(H,21,22). The molecular weight excluding hydrogens is 276 g/mol. The maximum atomic E-state index is 10.4. The molecule has 1 atom stereocenters. The molecule has 2 N–H and O–H groups in total. The molecule has 0 aromatic rings. The van der Waals surface area contributed by atoms with Gasteiger partial charge in [-0.15, -0.1) is 0 Å². The van der Waals surface area contributed by atoms with Gasteiger partial charge in [-0.1, -0.05) is 70.4 Å². The van der Waals surface area contributed by atoms with E-state index in [1.54, 1.807) is 0 Å². The molecular formula is C19H36O3. The van der Waals surface area contributed by atoms with E-state index < -0.39 is 5.97 Å². The van der Waals surface area contributed by atoms with Crippen LogP contribution in [0.3, 0.4) is 0 Å². The fraction of sp³-hybridized carbons (Fsp3) is 0.842. The minimum Gasteiger partial charge on any atom is -0.481 e. The highest BCUT2D eigenvalue weighted by Gasteiger charge is 2.02. The normalized spacial score (nSPS) is 12.8. The van der Waals surface area contributed by atoms with Crippen molar-refractivity contribution in [3.63, 3.8) is 0 Å². The molecule has 22 heavy (non-hydrogen) atoms. The second-order valence-corrected chi connectivity index (χ2v) is 6.27. The number of carboxylic acid groups (broad SMARTS) is 1. The van der Waals surface area contributed by atoms with Gasteiger partial charge in [0.05, 0.1) is 0 Å². The molecule has 0 bridgehead atoms. The van der Waals surface area contributed by atoms with Gasteiger partial charge in [0, 0.05) is 13.0 Å². The number of aliphatic hydroxyl groups excluding tert-OH is 1. The zero-order chi connectivity index (χ0) is 16.5. The van der Waals surface area contributed by atoms with Crippen molar-refractivity contribution in [2.75, 3.05) is 6.61 Å². The van der Waals surface area contributed by atoms with E-state index in [0.717, 1.165) is 38.5 Å². The monoisotopic (exact) mass is 312 g/mol. The molecule has 0 heterocycles. The summed E-state index contributed by atoms with van der Waals surface area (Å²) >= 11 is 0. The first-order valence-corrected chi connectivity index (χ1v) is 9.20. The van der Waals surface area contributed by atoms with Crippen molar-refractivity contribution in [1.29, 1.82) is 0 Å². The van der Waals surface area contributed by atoms with Gasteiger partial charge < -0.3 is 10.2 Å². The van der Waals surface area contributed by atoms with Crippen LogP contribution in [-0.2, 0) is 4.79 Å². The Bertz CT molecular complexity index is 274. The number of unbranched alkanes of at least 4 members (excludes halogenated alkanes) is 9. The molecule has 0 spiro atoms. The van der Waals surface area contributed by atoms with Crippen molar-refractivity contribution in [3.8, 4) is 0 Å². The van der Waals surface area contributed by atoms with E-state index in [0.29, 0.717) is 12.3 Å². The Morgan fingerprint density at radius 1 is 0.955 bits per heavy atom. The van der Waals surface area contributed by atoms with Gasteiger partial charge in [0.2, 0.25) is 0 Å². The summed E-state index contributed by atoms with van der Waals surface area (Å²) in [6, 6.07) is 0. The van der Waals surface area contributed by atoms with Gasteiger partial charge in [-0.2, -0.15) is 0 Å². The number of rotatable bonds is 16. The molecule has 0 aliphatic carbocycles. The highest BCUT2D eigenvalue weighted by Crippen LogP contribution is 2.14. The third-order valence-corrected chi connectivity index (χ3v) is 4.08. The lowest BCUT2D eigenvalue weighted by atomic mass is 9.99. The second-order valence-electron chi connectivity index (χ2n) is 6.27. The van der Waals surface area contributed by atoms with E-state index in [9.17, 15) is 9.90 Å². The van der Waals surface area contributed by atoms with Gasteiger partial charge in [0.1, 0.15) is 0 Å². The van der Waals surface area contributed by atoms with Gasteiger partial charge in [-0.25, -0.2) is 0 Å². The van der Waals surface area contributed by atoms with Gasteiger partial charge >= 0.3 is 5.97 Å². The minimum absolute atomic E-state index is 0.254. The van der Waals surface area contributed by atoms with Crippen molar-refractivity contribution >= 4 is 5.97 Å². The van der Waals surface area contributed by atoms with Crippen LogP contribution in [0.4, 0.5) is 0 Å². The molecule has 0 saturated heterocycles. The summed E-state index contributed by atoms with van der Waals surface area (Å²) in [6.45, 7) is 2.49. The topological polar surface area (TPSA) is 57.5 Å². The zero-order valence-electron chi connectivity index (χ0n) is 14.4. The first kappa shape index (κ1) is 21.2. The minimum atomic E-state index is -0.694. The van der Waals surface area contributed by atoms with E-state index in [-0.39, 0.29) is 6.61 Å². The third-order valence-electron chi connectivity index (χ3n) is 4.08. The predicted molar refractivity (Wildman–Crippen MR) is 93.0 cm³/mol. The lowest BCUT2D eigenvalue weighted by Crippen LogP contribution is -2.02. The lowest BCUT2D eigenvalue weighted by molar-refractivity contribution is -0.137. The summed E-state index contributed by atoms with van der Waals surface area (Å²) in [7, 11) is 0. The molecule has 0 rings (SSSR count). The second kappa shape index (κ2) is 16.5. The van der Waals surface area contributed by atoms with Crippen LogP contribution in [-0.4, -0.2) is 22.8 Å². The van der Waals surface area contributed by atoms with Crippen molar-refractivity contribution in [2.45, 2.75) is 90.4 Å². The lowest BCUT2D eigenvalue weighted by Gasteiger charge is -2.09. The van der Waals surface area contributed by atoms with Crippen molar-refractivity contribution in [2.24, 2.45) is 5.92 Å². The highest BCUT2D eigenvalue weighted by molar-refractivity contribution is 5.66. The number of carboxylic acids is 1. The summed E-state index contributed by atoms with van der Waals surface area (Å²) in [4.78, 5) is 10.4. The average molecular weight is 312 g/mol. The Morgan fingerprint density at radius 2 is 1.59 bits per heavy atom. The number of hydrogen-bond acceptors (Lipinski definition) is 2. The molecule has 0 aliphatic heterocycles. The van der Waals surface area contributed by atoms with Crippen molar-refractivity contribution < 1.29 is 15.0 Å². The van der Waals surface area contributed by atoms with Gasteiger partial charge in [0.15, 0.2) is 0 Å². The molecule has 0 amide bonds. The number of hydrogen-bond donors (Lipinski definition) is 2. The molecule has 0 fully saturated rings. The summed E-state index contributed by atoms with van der Waals surface area (Å²) in [6.07, 6.45) is 18.6. The Balaban J connectivity index is 3.47. The average Bonchev–Trinajstić information content (AvgIpc) is 2.50. The molecule has 0 aromatic heterocycles. The van der Waals surface area contributed by atoms with E-state index in [2.05, 4.69) is 19.1 Å². The molecule has 0 aromatic carbocycles. The van der Waals surface area contributed by atoms with Gasteiger partial charge in [-0.3, -0.25) is 4.79 Å². The maximum absolute atomic E-state index is 10.4. The van der Waals surface area contributed by atoms with Gasteiger partial charge in [0.25, 0.3) is 0 Å². The van der Waals surface area contributed by atoms with Crippen LogP contribution in [0.2, 0.25) is 0 Å². The highest BCUT2D eigenvalue weighted by atomic mass is 16.4. The Labute approximate surface area is 136 Å². The first-order valence-electron chi connectivity index (χ1n) is 9.20. The molecule has 3 heteroatoms.